The maximum atomic E-state index is 12.1. The molecule has 1 aliphatic rings. The summed E-state index contributed by atoms with van der Waals surface area (Å²) in [6, 6.07) is 6.76. The first-order valence-corrected chi connectivity index (χ1v) is 8.79. The van der Waals surface area contributed by atoms with E-state index in [0.717, 1.165) is 23.8 Å². The summed E-state index contributed by atoms with van der Waals surface area (Å²) in [4.78, 5) is 23.9. The molecule has 1 saturated carbocycles. The average Bonchev–Trinajstić information content (AvgIpc) is 3.29. The highest BCUT2D eigenvalue weighted by molar-refractivity contribution is 5.98. The van der Waals surface area contributed by atoms with Crippen molar-refractivity contribution in [1.82, 2.24) is 10.6 Å². The van der Waals surface area contributed by atoms with Gasteiger partial charge in [-0.1, -0.05) is 12.1 Å². The maximum absolute atomic E-state index is 12.1. The molecule has 1 aromatic carbocycles. The molecule has 0 aromatic heterocycles. The van der Waals surface area contributed by atoms with E-state index in [2.05, 4.69) is 16.0 Å². The molecule has 0 aliphatic heterocycles. The van der Waals surface area contributed by atoms with Crippen molar-refractivity contribution in [1.29, 1.82) is 0 Å². The predicted molar refractivity (Wildman–Crippen MR) is 98.3 cm³/mol. The number of anilines is 1. The molecular formula is C19H29N3O3. The van der Waals surface area contributed by atoms with Crippen molar-refractivity contribution in [2.75, 3.05) is 11.9 Å². The lowest BCUT2D eigenvalue weighted by Crippen LogP contribution is -2.51. The van der Waals surface area contributed by atoms with E-state index in [9.17, 15) is 9.59 Å². The fraction of sp³-hybridized carbons (Fsp3) is 0.579. The Kier molecular flexibility index (Phi) is 6.42. The van der Waals surface area contributed by atoms with Gasteiger partial charge in [-0.3, -0.25) is 10.1 Å². The normalized spacial score (nSPS) is 15.4. The standard InChI is InChI=1S/C19H29N3O3/c1-13(17(23)21-18(24)22-19(2,3)4)20-16-7-5-6-15(10-16)12-25-11-14-8-9-14/h5-7,10,13-14,20H,8-9,11-12H2,1-4H3,(H2,21,22,23,24)/t13-/m0/s1. The largest absolute Gasteiger partial charge is 0.376 e. The van der Waals surface area contributed by atoms with Gasteiger partial charge in [0, 0.05) is 17.8 Å². The van der Waals surface area contributed by atoms with Gasteiger partial charge >= 0.3 is 6.03 Å². The molecule has 6 heteroatoms. The minimum Gasteiger partial charge on any atom is -0.376 e. The lowest BCUT2D eigenvalue weighted by atomic mass is 10.1. The highest BCUT2D eigenvalue weighted by Crippen LogP contribution is 2.29. The second kappa shape index (κ2) is 8.34. The van der Waals surface area contributed by atoms with Gasteiger partial charge in [-0.15, -0.1) is 0 Å². The molecule has 0 unspecified atom stereocenters. The van der Waals surface area contributed by atoms with E-state index in [1.165, 1.54) is 12.8 Å². The molecule has 0 heterocycles. The molecule has 25 heavy (non-hydrogen) atoms. The van der Waals surface area contributed by atoms with Crippen molar-refractivity contribution < 1.29 is 14.3 Å². The van der Waals surface area contributed by atoms with Gasteiger partial charge in [-0.2, -0.15) is 0 Å². The van der Waals surface area contributed by atoms with Crippen molar-refractivity contribution in [3.8, 4) is 0 Å². The number of ether oxygens (including phenoxy) is 1. The van der Waals surface area contributed by atoms with Gasteiger partial charge in [-0.25, -0.2) is 4.79 Å². The van der Waals surface area contributed by atoms with Crippen LogP contribution in [0.4, 0.5) is 10.5 Å². The number of carbonyl (C=O) groups is 2. The van der Waals surface area contributed by atoms with Crippen molar-refractivity contribution in [3.05, 3.63) is 29.8 Å². The Hall–Kier alpha value is -2.08. The van der Waals surface area contributed by atoms with Crippen LogP contribution in [0.2, 0.25) is 0 Å². The number of rotatable bonds is 7. The second-order valence-electron chi connectivity index (χ2n) is 7.72. The molecule has 3 amide bonds. The van der Waals surface area contributed by atoms with Gasteiger partial charge in [0.15, 0.2) is 0 Å². The Morgan fingerprint density at radius 2 is 2.00 bits per heavy atom. The molecule has 1 aliphatic carbocycles. The van der Waals surface area contributed by atoms with Crippen molar-refractivity contribution in [3.63, 3.8) is 0 Å². The third kappa shape index (κ3) is 7.56. The zero-order chi connectivity index (χ0) is 18.4. The lowest BCUT2D eigenvalue weighted by molar-refractivity contribution is -0.120. The van der Waals surface area contributed by atoms with Gasteiger partial charge < -0.3 is 15.4 Å². The molecule has 1 fully saturated rings. The van der Waals surface area contributed by atoms with Crippen molar-refractivity contribution in [2.24, 2.45) is 5.92 Å². The average molecular weight is 347 g/mol. The van der Waals surface area contributed by atoms with E-state index >= 15 is 0 Å². The highest BCUT2D eigenvalue weighted by atomic mass is 16.5. The van der Waals surface area contributed by atoms with E-state index in [0.29, 0.717) is 6.61 Å². The zero-order valence-electron chi connectivity index (χ0n) is 15.5. The Morgan fingerprint density at radius 1 is 1.28 bits per heavy atom. The molecule has 0 saturated heterocycles. The lowest BCUT2D eigenvalue weighted by Gasteiger charge is -2.21. The number of amides is 3. The highest BCUT2D eigenvalue weighted by Gasteiger charge is 2.21. The van der Waals surface area contributed by atoms with Crippen LogP contribution in [0.25, 0.3) is 0 Å². The zero-order valence-corrected chi connectivity index (χ0v) is 15.5. The van der Waals surface area contributed by atoms with E-state index in [1.54, 1.807) is 6.92 Å². The van der Waals surface area contributed by atoms with E-state index < -0.39 is 17.6 Å². The SMILES string of the molecule is C[C@H](Nc1cccc(COCC2CC2)c1)C(=O)NC(=O)NC(C)(C)C. The number of hydrogen-bond donors (Lipinski definition) is 3. The Bertz CT molecular complexity index is 606. The number of nitrogens with one attached hydrogen (secondary N) is 3. The summed E-state index contributed by atoms with van der Waals surface area (Å²) in [7, 11) is 0. The smallest absolute Gasteiger partial charge is 0.321 e. The summed E-state index contributed by atoms with van der Waals surface area (Å²) in [5, 5.41) is 8.16. The van der Waals surface area contributed by atoms with Crippen LogP contribution in [0.1, 0.15) is 46.1 Å². The molecule has 0 spiro atoms. The number of hydrogen-bond acceptors (Lipinski definition) is 4. The number of benzene rings is 1. The predicted octanol–water partition coefficient (Wildman–Crippen LogP) is 3.04. The van der Waals surface area contributed by atoms with Crippen LogP contribution in [0, 0.1) is 5.92 Å². The summed E-state index contributed by atoms with van der Waals surface area (Å²) in [5.74, 6) is 0.362. The molecule has 1 aromatic rings. The molecule has 0 radical (unpaired) electrons. The molecule has 138 valence electrons. The Balaban J connectivity index is 1.80. The minimum atomic E-state index is -0.534. The summed E-state index contributed by atoms with van der Waals surface area (Å²) >= 11 is 0. The maximum Gasteiger partial charge on any atom is 0.321 e. The number of carbonyl (C=O) groups excluding carboxylic acids is 2. The van der Waals surface area contributed by atoms with Gasteiger partial charge in [0.05, 0.1) is 6.61 Å². The summed E-state index contributed by atoms with van der Waals surface area (Å²) < 4.78 is 5.69. The topological polar surface area (TPSA) is 79.5 Å². The molecule has 2 rings (SSSR count). The first kappa shape index (κ1) is 19.2. The first-order chi connectivity index (χ1) is 11.7. The third-order valence-electron chi connectivity index (χ3n) is 3.75. The quantitative estimate of drug-likeness (QED) is 0.708. The summed E-state index contributed by atoms with van der Waals surface area (Å²) in [6.45, 7) is 8.68. The van der Waals surface area contributed by atoms with Crippen molar-refractivity contribution in [2.45, 2.75) is 58.7 Å². The van der Waals surface area contributed by atoms with Crippen LogP contribution in [-0.4, -0.2) is 30.1 Å². The monoisotopic (exact) mass is 347 g/mol. The molecule has 6 nitrogen and oxygen atoms in total. The second-order valence-corrected chi connectivity index (χ2v) is 7.72. The number of imide groups is 1. The fourth-order valence-corrected chi connectivity index (χ4v) is 2.29. The Labute approximate surface area is 149 Å². The Morgan fingerprint density at radius 3 is 2.64 bits per heavy atom. The van der Waals surface area contributed by atoms with Crippen LogP contribution in [0.15, 0.2) is 24.3 Å². The summed E-state index contributed by atoms with van der Waals surface area (Å²) in [6.07, 6.45) is 2.55. The summed E-state index contributed by atoms with van der Waals surface area (Å²) in [5.41, 5.74) is 1.49. The van der Waals surface area contributed by atoms with Gasteiger partial charge in [0.2, 0.25) is 5.91 Å². The molecule has 3 N–H and O–H groups in total. The van der Waals surface area contributed by atoms with Crippen LogP contribution in [0.3, 0.4) is 0 Å². The van der Waals surface area contributed by atoms with E-state index in [4.69, 9.17) is 4.74 Å². The van der Waals surface area contributed by atoms with E-state index in [-0.39, 0.29) is 5.91 Å². The third-order valence-corrected chi connectivity index (χ3v) is 3.75. The van der Waals surface area contributed by atoms with Gasteiger partial charge in [-0.05, 0) is 64.2 Å². The van der Waals surface area contributed by atoms with Crippen molar-refractivity contribution >= 4 is 17.6 Å². The van der Waals surface area contributed by atoms with Gasteiger partial charge in [0.1, 0.15) is 6.04 Å². The number of urea groups is 1. The molecular weight excluding hydrogens is 318 g/mol. The molecule has 0 bridgehead atoms. The van der Waals surface area contributed by atoms with Crippen LogP contribution >= 0.6 is 0 Å². The first-order valence-electron chi connectivity index (χ1n) is 8.79. The molecule has 1 atom stereocenters. The van der Waals surface area contributed by atoms with Crippen LogP contribution < -0.4 is 16.0 Å². The fourth-order valence-electron chi connectivity index (χ4n) is 2.29. The minimum absolute atomic E-state index is 0.378. The van der Waals surface area contributed by atoms with Gasteiger partial charge in [0.25, 0.3) is 0 Å². The van der Waals surface area contributed by atoms with Crippen LogP contribution in [-0.2, 0) is 16.1 Å². The van der Waals surface area contributed by atoms with Crippen LogP contribution in [0.5, 0.6) is 0 Å². The van der Waals surface area contributed by atoms with E-state index in [1.807, 2.05) is 45.0 Å².